The van der Waals surface area contributed by atoms with Crippen molar-refractivity contribution in [2.45, 2.75) is 31.8 Å². The summed E-state index contributed by atoms with van der Waals surface area (Å²) in [6.45, 7) is 5.85. The Labute approximate surface area is 144 Å². The van der Waals surface area contributed by atoms with Crippen molar-refractivity contribution in [2.75, 3.05) is 19.6 Å². The Bertz CT molecular complexity index is 726. The van der Waals surface area contributed by atoms with Crippen LogP contribution in [0.1, 0.15) is 19.4 Å². The largest absolute Gasteiger partial charge is 0.336 e. The molecule has 0 aliphatic heterocycles. The second-order valence-corrected chi connectivity index (χ2v) is 8.12. The Hall–Kier alpha value is -1.70. The van der Waals surface area contributed by atoms with Gasteiger partial charge in [0, 0.05) is 32.4 Å². The van der Waals surface area contributed by atoms with Gasteiger partial charge >= 0.3 is 0 Å². The maximum Gasteiger partial charge on any atom is 0.262 e. The first-order valence-electron chi connectivity index (χ1n) is 8.19. The molecule has 0 saturated heterocycles. The van der Waals surface area contributed by atoms with E-state index in [0.717, 1.165) is 12.1 Å². The number of imidazole rings is 1. The quantitative estimate of drug-likeness (QED) is 0.747. The number of benzene rings is 1. The molecule has 2 N–H and O–H groups in total. The molecule has 7 heteroatoms. The third kappa shape index (κ3) is 4.90. The van der Waals surface area contributed by atoms with Crippen LogP contribution in [0.4, 0.5) is 0 Å². The summed E-state index contributed by atoms with van der Waals surface area (Å²) >= 11 is 0. The number of hydrogen-bond donors (Lipinski definition) is 1. The molecular formula is C17H26N4O2S. The highest BCUT2D eigenvalue weighted by Crippen LogP contribution is 2.15. The number of sulfonamides is 1. The maximum atomic E-state index is 12.8. The maximum absolute atomic E-state index is 12.8. The Morgan fingerprint density at radius 1 is 1.21 bits per heavy atom. The van der Waals surface area contributed by atoms with Crippen LogP contribution in [-0.2, 0) is 23.0 Å². The minimum Gasteiger partial charge on any atom is -0.336 e. The van der Waals surface area contributed by atoms with Gasteiger partial charge in [-0.3, -0.25) is 0 Å². The molecule has 1 aromatic carbocycles. The van der Waals surface area contributed by atoms with Crippen LogP contribution in [-0.4, -0.2) is 41.9 Å². The van der Waals surface area contributed by atoms with Crippen LogP contribution in [0.3, 0.4) is 0 Å². The highest BCUT2D eigenvalue weighted by Gasteiger charge is 2.26. The van der Waals surface area contributed by atoms with Gasteiger partial charge in [-0.1, -0.05) is 44.2 Å². The van der Waals surface area contributed by atoms with E-state index in [0.29, 0.717) is 18.9 Å². The van der Waals surface area contributed by atoms with Gasteiger partial charge in [-0.2, -0.15) is 4.31 Å². The summed E-state index contributed by atoms with van der Waals surface area (Å²) in [5.74, 6) is 0.424. The molecule has 2 rings (SSSR count). The Morgan fingerprint density at radius 2 is 1.92 bits per heavy atom. The van der Waals surface area contributed by atoms with E-state index in [-0.39, 0.29) is 18.1 Å². The van der Waals surface area contributed by atoms with Crippen LogP contribution in [0.25, 0.3) is 0 Å². The molecular weight excluding hydrogens is 324 g/mol. The van der Waals surface area contributed by atoms with Gasteiger partial charge in [0.15, 0.2) is 5.03 Å². The lowest BCUT2D eigenvalue weighted by Gasteiger charge is -2.20. The molecule has 0 amide bonds. The van der Waals surface area contributed by atoms with E-state index in [1.54, 1.807) is 12.5 Å². The predicted octanol–water partition coefficient (Wildman–Crippen LogP) is 1.73. The number of aromatic nitrogens is 2. The molecule has 24 heavy (non-hydrogen) atoms. The fraction of sp³-hybridized carbons (Fsp3) is 0.471. The van der Waals surface area contributed by atoms with E-state index in [2.05, 4.69) is 18.8 Å². The molecule has 0 atom stereocenters. The van der Waals surface area contributed by atoms with Crippen molar-refractivity contribution in [1.82, 2.24) is 13.9 Å². The van der Waals surface area contributed by atoms with E-state index in [1.807, 2.05) is 34.9 Å². The van der Waals surface area contributed by atoms with Gasteiger partial charge in [0.2, 0.25) is 0 Å². The number of nitrogens with two attached hydrogens (primary N) is 1. The van der Waals surface area contributed by atoms with Crippen LogP contribution in [0.5, 0.6) is 0 Å². The molecule has 0 fully saturated rings. The smallest absolute Gasteiger partial charge is 0.262 e. The monoisotopic (exact) mass is 350 g/mol. The molecule has 0 aliphatic carbocycles. The minimum atomic E-state index is -3.63. The second kappa shape index (κ2) is 8.41. The summed E-state index contributed by atoms with van der Waals surface area (Å²) in [5.41, 5.74) is 6.71. The first kappa shape index (κ1) is 18.6. The van der Waals surface area contributed by atoms with E-state index >= 15 is 0 Å². The standard InChI is InChI=1S/C17H26N4O2S/c1-15(2)12-20-13-17(19-14-20)24(22,23)21(11-9-18)10-8-16-6-4-3-5-7-16/h3-7,13-15H,8-12,18H2,1-2H3. The average Bonchev–Trinajstić information content (AvgIpc) is 3.00. The van der Waals surface area contributed by atoms with Crippen LogP contribution in [0, 0.1) is 5.92 Å². The summed E-state index contributed by atoms with van der Waals surface area (Å²) in [5, 5.41) is 0.0876. The number of nitrogens with zero attached hydrogens (tertiary/aromatic N) is 3. The molecule has 0 saturated carbocycles. The average molecular weight is 350 g/mol. The summed E-state index contributed by atoms with van der Waals surface area (Å²) in [7, 11) is -3.63. The fourth-order valence-electron chi connectivity index (χ4n) is 2.52. The highest BCUT2D eigenvalue weighted by molar-refractivity contribution is 7.89. The SMILES string of the molecule is CC(C)Cn1cnc(S(=O)(=O)N(CCN)CCc2ccccc2)c1. The van der Waals surface area contributed by atoms with Gasteiger partial charge in [0.1, 0.15) is 0 Å². The Kier molecular flexibility index (Phi) is 6.53. The van der Waals surface area contributed by atoms with Crippen molar-refractivity contribution in [3.05, 3.63) is 48.4 Å². The first-order chi connectivity index (χ1) is 11.4. The van der Waals surface area contributed by atoms with Crippen molar-refractivity contribution < 1.29 is 8.42 Å². The fourth-order valence-corrected chi connectivity index (χ4v) is 3.91. The Morgan fingerprint density at radius 3 is 2.54 bits per heavy atom. The van der Waals surface area contributed by atoms with Crippen LogP contribution in [0.2, 0.25) is 0 Å². The zero-order valence-corrected chi connectivity index (χ0v) is 15.1. The van der Waals surface area contributed by atoms with Crippen LogP contribution in [0.15, 0.2) is 47.9 Å². The number of hydrogen-bond acceptors (Lipinski definition) is 4. The van der Waals surface area contributed by atoms with E-state index in [4.69, 9.17) is 5.73 Å². The van der Waals surface area contributed by atoms with Crippen molar-refractivity contribution >= 4 is 10.0 Å². The lowest BCUT2D eigenvalue weighted by Crippen LogP contribution is -2.37. The lowest BCUT2D eigenvalue weighted by atomic mass is 10.1. The molecule has 0 spiro atoms. The van der Waals surface area contributed by atoms with Gasteiger partial charge in [0.25, 0.3) is 10.0 Å². The van der Waals surface area contributed by atoms with Crippen LogP contribution < -0.4 is 5.73 Å². The summed E-state index contributed by atoms with van der Waals surface area (Å²) in [4.78, 5) is 4.09. The number of rotatable bonds is 9. The van der Waals surface area contributed by atoms with Gasteiger partial charge in [-0.05, 0) is 17.9 Å². The van der Waals surface area contributed by atoms with Gasteiger partial charge < -0.3 is 10.3 Å². The molecule has 0 aliphatic rings. The third-order valence-electron chi connectivity index (χ3n) is 3.66. The molecule has 1 heterocycles. The molecule has 0 unspecified atom stereocenters. The van der Waals surface area contributed by atoms with E-state index in [9.17, 15) is 8.42 Å². The molecule has 1 aromatic heterocycles. The third-order valence-corrected chi connectivity index (χ3v) is 5.45. The minimum absolute atomic E-state index is 0.0876. The van der Waals surface area contributed by atoms with Crippen LogP contribution >= 0.6 is 0 Å². The molecule has 6 nitrogen and oxygen atoms in total. The molecule has 0 bridgehead atoms. The van der Waals surface area contributed by atoms with Crippen molar-refractivity contribution in [3.8, 4) is 0 Å². The second-order valence-electron chi connectivity index (χ2n) is 6.23. The topological polar surface area (TPSA) is 81.2 Å². The first-order valence-corrected chi connectivity index (χ1v) is 9.63. The molecule has 0 radical (unpaired) electrons. The van der Waals surface area contributed by atoms with Gasteiger partial charge in [0.05, 0.1) is 6.33 Å². The van der Waals surface area contributed by atoms with E-state index in [1.165, 1.54) is 4.31 Å². The van der Waals surface area contributed by atoms with Crippen molar-refractivity contribution in [3.63, 3.8) is 0 Å². The zero-order chi connectivity index (χ0) is 17.6. The van der Waals surface area contributed by atoms with Crippen molar-refractivity contribution in [2.24, 2.45) is 11.7 Å². The lowest BCUT2D eigenvalue weighted by molar-refractivity contribution is 0.419. The molecule has 2 aromatic rings. The van der Waals surface area contributed by atoms with Gasteiger partial charge in [-0.25, -0.2) is 13.4 Å². The predicted molar refractivity (Wildman–Crippen MR) is 95.0 cm³/mol. The Balaban J connectivity index is 2.13. The van der Waals surface area contributed by atoms with E-state index < -0.39 is 10.0 Å². The zero-order valence-electron chi connectivity index (χ0n) is 14.3. The van der Waals surface area contributed by atoms with Crippen molar-refractivity contribution in [1.29, 1.82) is 0 Å². The van der Waals surface area contributed by atoms with Gasteiger partial charge in [-0.15, -0.1) is 0 Å². The summed E-state index contributed by atoms with van der Waals surface area (Å²) in [6, 6.07) is 9.82. The summed E-state index contributed by atoms with van der Waals surface area (Å²) < 4.78 is 28.9. The highest BCUT2D eigenvalue weighted by atomic mass is 32.2. The normalized spacial score (nSPS) is 12.2. The molecule has 132 valence electrons. The summed E-state index contributed by atoms with van der Waals surface area (Å²) in [6.07, 6.45) is 3.82.